The van der Waals surface area contributed by atoms with Gasteiger partial charge in [0, 0.05) is 0 Å². The number of halogens is 4. The third-order valence-electron chi connectivity index (χ3n) is 2.17. The fourth-order valence-corrected chi connectivity index (χ4v) is 1.15. The van der Waals surface area contributed by atoms with E-state index in [-0.39, 0.29) is 6.61 Å². The standard InChI is InChI=1S/C11H12F4O2/c1-2-7(16)6-17-9-5-3-4-8(10(9)12)11(13,14)15/h3-5,7,16H,2,6H2,1H3. The zero-order chi connectivity index (χ0) is 13.1. The smallest absolute Gasteiger partial charge is 0.419 e. The van der Waals surface area contributed by atoms with Crippen molar-refractivity contribution in [2.24, 2.45) is 0 Å². The van der Waals surface area contributed by atoms with E-state index in [9.17, 15) is 17.6 Å². The van der Waals surface area contributed by atoms with Gasteiger partial charge in [-0.3, -0.25) is 0 Å². The molecule has 0 amide bonds. The lowest BCUT2D eigenvalue weighted by Gasteiger charge is -2.13. The molecule has 0 aliphatic carbocycles. The molecule has 1 aromatic rings. The van der Waals surface area contributed by atoms with Crippen LogP contribution in [-0.4, -0.2) is 17.8 Å². The Morgan fingerprint density at radius 2 is 2.00 bits per heavy atom. The van der Waals surface area contributed by atoms with E-state index in [1.807, 2.05) is 0 Å². The topological polar surface area (TPSA) is 29.5 Å². The molecular formula is C11H12F4O2. The van der Waals surface area contributed by atoms with Gasteiger partial charge >= 0.3 is 6.18 Å². The molecule has 17 heavy (non-hydrogen) atoms. The number of hydrogen-bond acceptors (Lipinski definition) is 2. The number of rotatable bonds is 4. The van der Waals surface area contributed by atoms with E-state index >= 15 is 0 Å². The molecule has 1 aromatic carbocycles. The zero-order valence-corrected chi connectivity index (χ0v) is 9.09. The molecule has 0 aliphatic rings. The zero-order valence-electron chi connectivity index (χ0n) is 9.09. The van der Waals surface area contributed by atoms with Crippen molar-refractivity contribution in [3.63, 3.8) is 0 Å². The Bertz CT molecular complexity index is 376. The predicted molar refractivity (Wildman–Crippen MR) is 53.2 cm³/mol. The van der Waals surface area contributed by atoms with E-state index in [2.05, 4.69) is 0 Å². The largest absolute Gasteiger partial charge is 0.488 e. The van der Waals surface area contributed by atoms with E-state index in [1.165, 1.54) is 0 Å². The summed E-state index contributed by atoms with van der Waals surface area (Å²) >= 11 is 0. The van der Waals surface area contributed by atoms with Crippen LogP contribution in [0, 0.1) is 5.82 Å². The summed E-state index contributed by atoms with van der Waals surface area (Å²) in [6.07, 6.45) is -5.21. The number of aliphatic hydroxyl groups is 1. The summed E-state index contributed by atoms with van der Waals surface area (Å²) in [4.78, 5) is 0. The summed E-state index contributed by atoms with van der Waals surface area (Å²) < 4.78 is 55.2. The molecule has 0 heterocycles. The molecule has 0 fully saturated rings. The van der Waals surface area contributed by atoms with Gasteiger partial charge in [-0.1, -0.05) is 13.0 Å². The maximum atomic E-state index is 13.4. The monoisotopic (exact) mass is 252 g/mol. The van der Waals surface area contributed by atoms with Gasteiger partial charge in [-0.25, -0.2) is 4.39 Å². The Hall–Kier alpha value is -1.30. The molecule has 1 N–H and O–H groups in total. The van der Waals surface area contributed by atoms with E-state index in [0.29, 0.717) is 12.5 Å². The molecular weight excluding hydrogens is 240 g/mol. The molecule has 2 nitrogen and oxygen atoms in total. The van der Waals surface area contributed by atoms with Gasteiger partial charge in [0.2, 0.25) is 0 Å². The quantitative estimate of drug-likeness (QED) is 0.835. The first-order valence-electron chi connectivity index (χ1n) is 5.02. The van der Waals surface area contributed by atoms with Crippen LogP contribution in [0.5, 0.6) is 5.75 Å². The minimum Gasteiger partial charge on any atom is -0.488 e. The van der Waals surface area contributed by atoms with Crippen LogP contribution in [0.4, 0.5) is 17.6 Å². The number of hydrogen-bond donors (Lipinski definition) is 1. The van der Waals surface area contributed by atoms with Gasteiger partial charge in [0.05, 0.1) is 11.7 Å². The second kappa shape index (κ2) is 5.35. The summed E-state index contributed by atoms with van der Waals surface area (Å²) in [6.45, 7) is 1.44. The first-order chi connectivity index (χ1) is 7.86. The van der Waals surface area contributed by atoms with Crippen LogP contribution in [0.1, 0.15) is 18.9 Å². The van der Waals surface area contributed by atoms with Crippen LogP contribution in [-0.2, 0) is 6.18 Å². The van der Waals surface area contributed by atoms with Crippen molar-refractivity contribution < 1.29 is 27.4 Å². The maximum absolute atomic E-state index is 13.4. The maximum Gasteiger partial charge on any atom is 0.419 e. The highest BCUT2D eigenvalue weighted by Gasteiger charge is 2.35. The highest BCUT2D eigenvalue weighted by molar-refractivity contribution is 5.32. The Morgan fingerprint density at radius 3 is 2.53 bits per heavy atom. The van der Waals surface area contributed by atoms with Gasteiger partial charge in [-0.15, -0.1) is 0 Å². The van der Waals surface area contributed by atoms with Crippen molar-refractivity contribution in [1.82, 2.24) is 0 Å². The number of alkyl halides is 3. The minimum atomic E-state index is -4.76. The van der Waals surface area contributed by atoms with Crippen molar-refractivity contribution in [2.45, 2.75) is 25.6 Å². The normalized spacial score (nSPS) is 13.5. The van der Waals surface area contributed by atoms with Gasteiger partial charge < -0.3 is 9.84 Å². The van der Waals surface area contributed by atoms with Crippen molar-refractivity contribution in [3.05, 3.63) is 29.6 Å². The number of benzene rings is 1. The summed E-state index contributed by atoms with van der Waals surface area (Å²) in [5.41, 5.74) is -1.37. The average molecular weight is 252 g/mol. The molecule has 1 unspecified atom stereocenters. The van der Waals surface area contributed by atoms with Crippen LogP contribution < -0.4 is 4.74 Å². The minimum absolute atomic E-state index is 0.241. The van der Waals surface area contributed by atoms with Gasteiger partial charge in [-0.2, -0.15) is 13.2 Å². The summed E-state index contributed by atoms with van der Waals surface area (Å²) in [7, 11) is 0. The Kier molecular flexibility index (Phi) is 4.34. The molecule has 0 saturated heterocycles. The highest BCUT2D eigenvalue weighted by atomic mass is 19.4. The SMILES string of the molecule is CCC(O)COc1cccc(C(F)(F)F)c1F. The molecule has 1 atom stereocenters. The lowest BCUT2D eigenvalue weighted by atomic mass is 10.2. The predicted octanol–water partition coefficient (Wildman–Crippen LogP) is 2.99. The van der Waals surface area contributed by atoms with Gasteiger partial charge in [0.15, 0.2) is 11.6 Å². The van der Waals surface area contributed by atoms with Crippen molar-refractivity contribution in [1.29, 1.82) is 0 Å². The first kappa shape index (κ1) is 13.8. The molecule has 0 bridgehead atoms. The number of ether oxygens (including phenoxy) is 1. The van der Waals surface area contributed by atoms with Gasteiger partial charge in [0.1, 0.15) is 6.61 Å². The van der Waals surface area contributed by atoms with Crippen LogP contribution >= 0.6 is 0 Å². The molecule has 0 aromatic heterocycles. The van der Waals surface area contributed by atoms with E-state index in [0.717, 1.165) is 12.1 Å². The molecule has 0 saturated carbocycles. The lowest BCUT2D eigenvalue weighted by molar-refractivity contribution is -0.140. The molecule has 96 valence electrons. The molecule has 1 rings (SSSR count). The van der Waals surface area contributed by atoms with Crippen LogP contribution in [0.2, 0.25) is 0 Å². The van der Waals surface area contributed by atoms with Gasteiger partial charge in [-0.05, 0) is 18.6 Å². The van der Waals surface area contributed by atoms with E-state index in [1.54, 1.807) is 6.92 Å². The molecule has 0 aliphatic heterocycles. The lowest BCUT2D eigenvalue weighted by Crippen LogP contribution is -2.17. The second-order valence-electron chi connectivity index (χ2n) is 3.49. The molecule has 0 radical (unpaired) electrons. The molecule has 0 spiro atoms. The fourth-order valence-electron chi connectivity index (χ4n) is 1.15. The Labute approximate surface area is 95.8 Å². The third-order valence-corrected chi connectivity index (χ3v) is 2.17. The average Bonchev–Trinajstić information content (AvgIpc) is 2.25. The fraction of sp³-hybridized carbons (Fsp3) is 0.455. The number of aliphatic hydroxyl groups excluding tert-OH is 1. The molecule has 6 heteroatoms. The van der Waals surface area contributed by atoms with E-state index in [4.69, 9.17) is 9.84 Å². The van der Waals surface area contributed by atoms with Crippen LogP contribution in [0.25, 0.3) is 0 Å². The van der Waals surface area contributed by atoms with Crippen molar-refractivity contribution in [2.75, 3.05) is 6.61 Å². The van der Waals surface area contributed by atoms with Crippen molar-refractivity contribution >= 4 is 0 Å². The highest BCUT2D eigenvalue weighted by Crippen LogP contribution is 2.34. The third kappa shape index (κ3) is 3.59. The summed E-state index contributed by atoms with van der Waals surface area (Å²) in [6, 6.07) is 2.78. The van der Waals surface area contributed by atoms with Gasteiger partial charge in [0.25, 0.3) is 0 Å². The summed E-state index contributed by atoms with van der Waals surface area (Å²) in [5.74, 6) is -1.96. The Balaban J connectivity index is 2.88. The second-order valence-corrected chi connectivity index (χ2v) is 3.49. The Morgan fingerprint density at radius 1 is 1.35 bits per heavy atom. The van der Waals surface area contributed by atoms with E-state index < -0.39 is 29.4 Å². The first-order valence-corrected chi connectivity index (χ1v) is 5.02. The van der Waals surface area contributed by atoms with Crippen LogP contribution in [0.15, 0.2) is 18.2 Å². The van der Waals surface area contributed by atoms with Crippen LogP contribution in [0.3, 0.4) is 0 Å². The van der Waals surface area contributed by atoms with Crippen molar-refractivity contribution in [3.8, 4) is 5.75 Å². The summed E-state index contributed by atoms with van der Waals surface area (Å²) in [5, 5.41) is 9.17.